The molecule has 0 spiro atoms. The Morgan fingerprint density at radius 1 is 1.50 bits per heavy atom. The molecule has 4 heteroatoms. The van der Waals surface area contributed by atoms with Crippen molar-refractivity contribution in [1.82, 2.24) is 0 Å². The van der Waals surface area contributed by atoms with Crippen LogP contribution in [-0.2, 0) is 16.1 Å². The lowest BCUT2D eigenvalue weighted by Crippen LogP contribution is -2.14. The van der Waals surface area contributed by atoms with Crippen molar-refractivity contribution in [2.45, 2.75) is 19.6 Å². The molecule has 1 atom stereocenters. The van der Waals surface area contributed by atoms with Gasteiger partial charge in [-0.15, -0.1) is 0 Å². The first-order valence-electron chi connectivity index (χ1n) is 4.96. The molecule has 0 saturated heterocycles. The number of halogens is 1. The van der Waals surface area contributed by atoms with Crippen LogP contribution in [-0.4, -0.2) is 19.8 Å². The number of benzene rings is 1. The molecule has 1 unspecified atom stereocenters. The number of hydrogen-bond acceptors (Lipinski definition) is 3. The Bertz CT molecular complexity index is 387. The molecule has 0 N–H and O–H groups in total. The molecule has 1 aromatic carbocycles. The molecule has 0 aliphatic rings. The minimum Gasteiger partial charge on any atom is -0.382 e. The zero-order valence-electron chi connectivity index (χ0n) is 9.37. The molecule has 0 aromatic heterocycles. The standard InChI is InChI=1S/C12H14FNO2/c1-9(7-15-2)16-8-10-3-4-12(13)11(5-10)6-14/h3-5,9H,7-8H2,1-2H3. The van der Waals surface area contributed by atoms with Crippen molar-refractivity contribution in [2.24, 2.45) is 0 Å². The maximum absolute atomic E-state index is 13.0. The van der Waals surface area contributed by atoms with Crippen molar-refractivity contribution in [3.05, 3.63) is 35.1 Å². The SMILES string of the molecule is COCC(C)OCc1ccc(F)c(C#N)c1. The van der Waals surface area contributed by atoms with Crippen molar-refractivity contribution < 1.29 is 13.9 Å². The monoisotopic (exact) mass is 223 g/mol. The van der Waals surface area contributed by atoms with Crippen molar-refractivity contribution in [2.75, 3.05) is 13.7 Å². The summed E-state index contributed by atoms with van der Waals surface area (Å²) in [6, 6.07) is 6.17. The van der Waals surface area contributed by atoms with Crippen molar-refractivity contribution in [3.63, 3.8) is 0 Å². The molecule has 1 aromatic rings. The number of methoxy groups -OCH3 is 1. The number of nitriles is 1. The zero-order chi connectivity index (χ0) is 12.0. The van der Waals surface area contributed by atoms with Crippen LogP contribution < -0.4 is 0 Å². The normalized spacial score (nSPS) is 12.1. The highest BCUT2D eigenvalue weighted by atomic mass is 19.1. The maximum Gasteiger partial charge on any atom is 0.140 e. The number of hydrogen-bond donors (Lipinski definition) is 0. The number of nitrogens with zero attached hydrogens (tertiary/aromatic N) is 1. The van der Waals surface area contributed by atoms with Crippen molar-refractivity contribution in [3.8, 4) is 6.07 Å². The quantitative estimate of drug-likeness (QED) is 0.768. The van der Waals surface area contributed by atoms with Gasteiger partial charge in [0.2, 0.25) is 0 Å². The zero-order valence-corrected chi connectivity index (χ0v) is 9.37. The Kier molecular flexibility index (Phi) is 4.90. The number of rotatable bonds is 5. The van der Waals surface area contributed by atoms with Gasteiger partial charge in [0.05, 0.1) is 24.9 Å². The predicted molar refractivity (Wildman–Crippen MR) is 57.2 cm³/mol. The van der Waals surface area contributed by atoms with Gasteiger partial charge in [0.15, 0.2) is 0 Å². The molecule has 86 valence electrons. The van der Waals surface area contributed by atoms with E-state index in [1.54, 1.807) is 19.2 Å². The third kappa shape index (κ3) is 3.61. The summed E-state index contributed by atoms with van der Waals surface area (Å²) in [7, 11) is 1.60. The third-order valence-electron chi connectivity index (χ3n) is 2.09. The van der Waals surface area contributed by atoms with Gasteiger partial charge in [0.1, 0.15) is 11.9 Å². The van der Waals surface area contributed by atoms with E-state index in [0.29, 0.717) is 13.2 Å². The molecule has 0 amide bonds. The van der Waals surface area contributed by atoms with Gasteiger partial charge in [0, 0.05) is 7.11 Å². The summed E-state index contributed by atoms with van der Waals surface area (Å²) >= 11 is 0. The topological polar surface area (TPSA) is 42.2 Å². The Labute approximate surface area is 94.4 Å². The Morgan fingerprint density at radius 3 is 2.88 bits per heavy atom. The summed E-state index contributed by atoms with van der Waals surface area (Å²) in [5, 5.41) is 8.65. The van der Waals surface area contributed by atoms with E-state index in [9.17, 15) is 4.39 Å². The van der Waals surface area contributed by atoms with E-state index in [0.717, 1.165) is 5.56 Å². The van der Waals surface area contributed by atoms with Gasteiger partial charge in [-0.2, -0.15) is 5.26 Å². The Balaban J connectivity index is 2.58. The molecule has 0 aliphatic carbocycles. The number of ether oxygens (including phenoxy) is 2. The molecule has 0 bridgehead atoms. The lowest BCUT2D eigenvalue weighted by molar-refractivity contribution is -0.000148. The van der Waals surface area contributed by atoms with Crippen LogP contribution >= 0.6 is 0 Å². The van der Waals surface area contributed by atoms with E-state index in [-0.39, 0.29) is 11.7 Å². The third-order valence-corrected chi connectivity index (χ3v) is 2.09. The Morgan fingerprint density at radius 2 is 2.25 bits per heavy atom. The van der Waals surface area contributed by atoms with Gasteiger partial charge in [-0.05, 0) is 24.6 Å². The van der Waals surface area contributed by atoms with E-state index in [1.165, 1.54) is 12.1 Å². The van der Waals surface area contributed by atoms with Crippen molar-refractivity contribution >= 4 is 0 Å². The first-order chi connectivity index (χ1) is 7.67. The first-order valence-corrected chi connectivity index (χ1v) is 4.96. The highest BCUT2D eigenvalue weighted by Crippen LogP contribution is 2.11. The van der Waals surface area contributed by atoms with Gasteiger partial charge >= 0.3 is 0 Å². The van der Waals surface area contributed by atoms with E-state index in [2.05, 4.69) is 0 Å². The summed E-state index contributed by atoms with van der Waals surface area (Å²) in [6.07, 6.45) is -0.0272. The average Bonchev–Trinajstić information content (AvgIpc) is 2.28. The van der Waals surface area contributed by atoms with E-state index < -0.39 is 5.82 Å². The second-order valence-electron chi connectivity index (χ2n) is 3.50. The molecule has 1 rings (SSSR count). The predicted octanol–water partition coefficient (Wildman–Crippen LogP) is 2.25. The van der Waals surface area contributed by atoms with Crippen LogP contribution in [0.5, 0.6) is 0 Å². The summed E-state index contributed by atoms with van der Waals surface area (Å²) in [5.74, 6) is -0.504. The van der Waals surface area contributed by atoms with Crippen LogP contribution in [0.2, 0.25) is 0 Å². The first kappa shape index (κ1) is 12.6. The highest BCUT2D eigenvalue weighted by molar-refractivity contribution is 5.34. The average molecular weight is 223 g/mol. The summed E-state index contributed by atoms with van der Waals surface area (Å²) in [4.78, 5) is 0. The Hall–Kier alpha value is -1.44. The molecule has 16 heavy (non-hydrogen) atoms. The fraction of sp³-hybridized carbons (Fsp3) is 0.417. The second-order valence-corrected chi connectivity index (χ2v) is 3.50. The van der Waals surface area contributed by atoms with E-state index >= 15 is 0 Å². The van der Waals surface area contributed by atoms with E-state index in [1.807, 2.05) is 6.92 Å². The molecule has 0 saturated carbocycles. The molecular formula is C12H14FNO2. The molecule has 0 radical (unpaired) electrons. The van der Waals surface area contributed by atoms with Crippen LogP contribution in [0.25, 0.3) is 0 Å². The van der Waals surface area contributed by atoms with Crippen LogP contribution in [0.3, 0.4) is 0 Å². The lowest BCUT2D eigenvalue weighted by Gasteiger charge is -2.11. The molecule has 0 heterocycles. The fourth-order valence-corrected chi connectivity index (χ4v) is 1.27. The van der Waals surface area contributed by atoms with Gasteiger partial charge in [0.25, 0.3) is 0 Å². The highest BCUT2D eigenvalue weighted by Gasteiger charge is 2.05. The molecule has 3 nitrogen and oxygen atoms in total. The molecular weight excluding hydrogens is 209 g/mol. The van der Waals surface area contributed by atoms with E-state index in [4.69, 9.17) is 14.7 Å². The summed E-state index contributed by atoms with van der Waals surface area (Å²) < 4.78 is 23.4. The molecule has 0 fully saturated rings. The van der Waals surface area contributed by atoms with Crippen molar-refractivity contribution in [1.29, 1.82) is 5.26 Å². The summed E-state index contributed by atoms with van der Waals surface area (Å²) in [6.45, 7) is 2.74. The van der Waals surface area contributed by atoms with Crippen LogP contribution in [0.1, 0.15) is 18.1 Å². The lowest BCUT2D eigenvalue weighted by atomic mass is 10.1. The van der Waals surface area contributed by atoms with Gasteiger partial charge in [-0.3, -0.25) is 0 Å². The largest absolute Gasteiger partial charge is 0.382 e. The minimum absolute atomic E-state index is 0.0272. The van der Waals surface area contributed by atoms with Gasteiger partial charge in [-0.1, -0.05) is 6.07 Å². The van der Waals surface area contributed by atoms with Crippen LogP contribution in [0.4, 0.5) is 4.39 Å². The fourth-order valence-electron chi connectivity index (χ4n) is 1.27. The minimum atomic E-state index is -0.504. The van der Waals surface area contributed by atoms with Gasteiger partial charge < -0.3 is 9.47 Å². The molecule has 0 aliphatic heterocycles. The maximum atomic E-state index is 13.0. The smallest absolute Gasteiger partial charge is 0.140 e. The van der Waals surface area contributed by atoms with Crippen LogP contribution in [0.15, 0.2) is 18.2 Å². The second kappa shape index (κ2) is 6.21. The van der Waals surface area contributed by atoms with Crippen LogP contribution in [0, 0.1) is 17.1 Å². The van der Waals surface area contributed by atoms with Gasteiger partial charge in [-0.25, -0.2) is 4.39 Å². The summed E-state index contributed by atoms with van der Waals surface area (Å²) in [5.41, 5.74) is 0.821.